The minimum atomic E-state index is -0.0184. The van der Waals surface area contributed by atoms with E-state index in [0.29, 0.717) is 23.8 Å². The highest BCUT2D eigenvalue weighted by Gasteiger charge is 2.31. The molecule has 2 saturated heterocycles. The average Bonchev–Trinajstić information content (AvgIpc) is 2.98. The molecule has 28 heavy (non-hydrogen) atoms. The minimum absolute atomic E-state index is 0.0184. The number of hydrogen-bond donors (Lipinski definition) is 0. The Morgan fingerprint density at radius 1 is 1.11 bits per heavy atom. The van der Waals surface area contributed by atoms with Crippen LogP contribution >= 0.6 is 0 Å². The molecule has 0 bridgehead atoms. The first kappa shape index (κ1) is 21.3. The number of rotatable bonds is 5. The maximum atomic E-state index is 13.1. The van der Waals surface area contributed by atoms with Crippen molar-refractivity contribution in [1.82, 2.24) is 24.3 Å². The molecule has 3 rings (SSSR count). The molecule has 0 aliphatic carbocycles. The molecule has 6 nitrogen and oxygen atoms in total. The summed E-state index contributed by atoms with van der Waals surface area (Å²) in [6, 6.07) is 0.419. The number of piperidine rings is 1. The van der Waals surface area contributed by atoms with Crippen molar-refractivity contribution in [2.24, 2.45) is 11.8 Å². The summed E-state index contributed by atoms with van der Waals surface area (Å²) in [5.74, 6) is 2.69. The van der Waals surface area contributed by atoms with Gasteiger partial charge in [-0.1, -0.05) is 13.8 Å². The Balaban J connectivity index is 1.55. The topological polar surface area (TPSA) is 44.6 Å². The molecule has 3 heterocycles. The molecule has 0 saturated carbocycles. The molecule has 1 aromatic rings. The quantitative estimate of drug-likeness (QED) is 0.777. The molecule has 1 aromatic heterocycles. The van der Waals surface area contributed by atoms with Crippen LogP contribution in [0, 0.1) is 11.8 Å². The SMILES string of the molecule is CC1CC(C)CN(C(=O)C(C)N2CCCN(Cc3nccn3C(C)C)CC2)C1. The zero-order valence-corrected chi connectivity index (χ0v) is 18.5. The molecule has 2 aliphatic rings. The summed E-state index contributed by atoms with van der Waals surface area (Å²) in [7, 11) is 0. The maximum Gasteiger partial charge on any atom is 0.239 e. The maximum absolute atomic E-state index is 13.1. The second-order valence-electron chi connectivity index (χ2n) is 9.38. The number of amides is 1. The van der Waals surface area contributed by atoms with Crippen molar-refractivity contribution in [2.75, 3.05) is 39.3 Å². The van der Waals surface area contributed by atoms with Crippen LogP contribution in [-0.2, 0) is 11.3 Å². The predicted octanol–water partition coefficient (Wildman–Crippen LogP) is 2.86. The molecule has 0 aromatic carbocycles. The zero-order chi connectivity index (χ0) is 20.3. The Labute approximate surface area is 170 Å². The molecule has 0 spiro atoms. The number of nitrogens with zero attached hydrogens (tertiary/aromatic N) is 5. The van der Waals surface area contributed by atoms with E-state index in [2.05, 4.69) is 65.1 Å². The minimum Gasteiger partial charge on any atom is -0.341 e. The van der Waals surface area contributed by atoms with Crippen molar-refractivity contribution in [2.45, 2.75) is 66.1 Å². The van der Waals surface area contributed by atoms with Crippen LogP contribution in [0.3, 0.4) is 0 Å². The smallest absolute Gasteiger partial charge is 0.239 e. The van der Waals surface area contributed by atoms with Gasteiger partial charge in [0.05, 0.1) is 12.6 Å². The van der Waals surface area contributed by atoms with E-state index in [1.807, 2.05) is 6.20 Å². The second kappa shape index (κ2) is 9.40. The molecule has 6 heteroatoms. The summed E-state index contributed by atoms with van der Waals surface area (Å²) in [6.45, 7) is 17.8. The van der Waals surface area contributed by atoms with Gasteiger partial charge < -0.3 is 9.47 Å². The molecule has 3 unspecified atom stereocenters. The molecule has 3 atom stereocenters. The zero-order valence-electron chi connectivity index (χ0n) is 18.5. The largest absolute Gasteiger partial charge is 0.341 e. The van der Waals surface area contributed by atoms with Crippen molar-refractivity contribution in [3.05, 3.63) is 18.2 Å². The summed E-state index contributed by atoms with van der Waals surface area (Å²) in [5.41, 5.74) is 0. The van der Waals surface area contributed by atoms with Crippen molar-refractivity contribution < 1.29 is 4.79 Å². The van der Waals surface area contributed by atoms with Gasteiger partial charge in [-0.2, -0.15) is 0 Å². The summed E-state index contributed by atoms with van der Waals surface area (Å²) in [4.78, 5) is 24.7. The summed E-state index contributed by atoms with van der Waals surface area (Å²) >= 11 is 0. The van der Waals surface area contributed by atoms with Gasteiger partial charge in [-0.3, -0.25) is 14.6 Å². The lowest BCUT2D eigenvalue weighted by Crippen LogP contribution is -2.52. The Morgan fingerprint density at radius 3 is 2.50 bits per heavy atom. The van der Waals surface area contributed by atoms with Crippen LogP contribution in [0.25, 0.3) is 0 Å². The van der Waals surface area contributed by atoms with Crippen LogP contribution in [-0.4, -0.2) is 75.5 Å². The second-order valence-corrected chi connectivity index (χ2v) is 9.38. The first-order valence-electron chi connectivity index (χ1n) is 11.1. The molecule has 2 fully saturated rings. The average molecular weight is 390 g/mol. The van der Waals surface area contributed by atoms with Gasteiger partial charge in [0.2, 0.25) is 5.91 Å². The van der Waals surface area contributed by atoms with E-state index in [9.17, 15) is 4.79 Å². The molecule has 2 aliphatic heterocycles. The molecular weight excluding hydrogens is 350 g/mol. The van der Waals surface area contributed by atoms with Gasteiger partial charge in [0.1, 0.15) is 5.82 Å². The number of likely N-dealkylation sites (tertiary alicyclic amines) is 1. The van der Waals surface area contributed by atoms with Crippen LogP contribution < -0.4 is 0 Å². The summed E-state index contributed by atoms with van der Waals surface area (Å²) < 4.78 is 2.26. The number of hydrogen-bond acceptors (Lipinski definition) is 4. The van der Waals surface area contributed by atoms with Crippen molar-refractivity contribution in [3.63, 3.8) is 0 Å². The highest BCUT2D eigenvalue weighted by atomic mass is 16.2. The van der Waals surface area contributed by atoms with Crippen LogP contribution in [0.15, 0.2) is 12.4 Å². The standard InChI is InChI=1S/C22H39N5O/c1-17(2)27-10-7-23-21(27)16-24-8-6-9-25(12-11-24)20(5)22(28)26-14-18(3)13-19(4)15-26/h7,10,17-20H,6,8-9,11-16H2,1-5H3. The Hall–Kier alpha value is -1.40. The van der Waals surface area contributed by atoms with Gasteiger partial charge in [-0.25, -0.2) is 4.98 Å². The van der Waals surface area contributed by atoms with Crippen molar-refractivity contribution >= 4 is 5.91 Å². The molecular formula is C22H39N5O. The lowest BCUT2D eigenvalue weighted by Gasteiger charge is -2.38. The third-order valence-electron chi connectivity index (χ3n) is 6.38. The van der Waals surface area contributed by atoms with E-state index < -0.39 is 0 Å². The number of carbonyl (C=O) groups excluding carboxylic acids is 1. The summed E-state index contributed by atoms with van der Waals surface area (Å²) in [6.07, 6.45) is 6.32. The van der Waals surface area contributed by atoms with Gasteiger partial charge in [0.15, 0.2) is 0 Å². The van der Waals surface area contributed by atoms with Gasteiger partial charge in [-0.15, -0.1) is 0 Å². The molecule has 0 radical (unpaired) electrons. The molecule has 1 amide bonds. The molecule has 0 N–H and O–H groups in total. The predicted molar refractivity (Wildman–Crippen MR) is 113 cm³/mol. The number of aromatic nitrogens is 2. The fraction of sp³-hybridized carbons (Fsp3) is 0.818. The first-order valence-corrected chi connectivity index (χ1v) is 11.1. The fourth-order valence-corrected chi connectivity index (χ4v) is 4.94. The van der Waals surface area contributed by atoms with Gasteiger partial charge in [0, 0.05) is 51.2 Å². The molecule has 158 valence electrons. The highest BCUT2D eigenvalue weighted by molar-refractivity contribution is 5.81. The van der Waals surface area contributed by atoms with E-state index in [0.717, 1.165) is 58.1 Å². The highest BCUT2D eigenvalue weighted by Crippen LogP contribution is 2.22. The van der Waals surface area contributed by atoms with E-state index in [4.69, 9.17) is 0 Å². The van der Waals surface area contributed by atoms with Crippen molar-refractivity contribution in [1.29, 1.82) is 0 Å². The van der Waals surface area contributed by atoms with Crippen LogP contribution in [0.2, 0.25) is 0 Å². The van der Waals surface area contributed by atoms with Crippen LogP contribution in [0.1, 0.15) is 59.3 Å². The van der Waals surface area contributed by atoms with Gasteiger partial charge in [0.25, 0.3) is 0 Å². The Bertz CT molecular complexity index is 633. The van der Waals surface area contributed by atoms with E-state index >= 15 is 0 Å². The van der Waals surface area contributed by atoms with E-state index in [1.165, 1.54) is 6.42 Å². The third-order valence-corrected chi connectivity index (χ3v) is 6.38. The lowest BCUT2D eigenvalue weighted by atomic mass is 9.91. The lowest BCUT2D eigenvalue weighted by molar-refractivity contribution is -0.139. The van der Waals surface area contributed by atoms with Gasteiger partial charge in [-0.05, 0) is 52.0 Å². The first-order chi connectivity index (χ1) is 13.3. The summed E-state index contributed by atoms with van der Waals surface area (Å²) in [5, 5.41) is 0. The van der Waals surface area contributed by atoms with Crippen molar-refractivity contribution in [3.8, 4) is 0 Å². The fourth-order valence-electron chi connectivity index (χ4n) is 4.94. The normalized spacial score (nSPS) is 26.4. The Kier molecular flexibility index (Phi) is 7.15. The number of imidazole rings is 1. The Morgan fingerprint density at radius 2 is 1.82 bits per heavy atom. The van der Waals surface area contributed by atoms with E-state index in [-0.39, 0.29) is 6.04 Å². The number of carbonyl (C=O) groups is 1. The van der Waals surface area contributed by atoms with Crippen LogP contribution in [0.4, 0.5) is 0 Å². The van der Waals surface area contributed by atoms with Gasteiger partial charge >= 0.3 is 0 Å². The third kappa shape index (κ3) is 5.15. The van der Waals surface area contributed by atoms with Crippen LogP contribution in [0.5, 0.6) is 0 Å². The van der Waals surface area contributed by atoms with E-state index in [1.54, 1.807) is 0 Å². The monoisotopic (exact) mass is 389 g/mol.